The third kappa shape index (κ3) is 3.21. The van der Waals surface area contributed by atoms with Gasteiger partial charge < -0.3 is 14.6 Å². The minimum absolute atomic E-state index is 0.192. The second kappa shape index (κ2) is 5.59. The van der Waals surface area contributed by atoms with E-state index in [1.165, 1.54) is 27.7 Å². The van der Waals surface area contributed by atoms with E-state index < -0.39 is 5.60 Å². The quantitative estimate of drug-likeness (QED) is 0.857. The number of rotatable bonds is 1. The average Bonchev–Trinajstić information content (AvgIpc) is 2.81. The Balaban J connectivity index is 1.83. The van der Waals surface area contributed by atoms with Gasteiger partial charge in [0.1, 0.15) is 5.60 Å². The molecule has 1 heterocycles. The highest BCUT2D eigenvalue weighted by Crippen LogP contribution is 2.31. The van der Waals surface area contributed by atoms with Gasteiger partial charge in [0.05, 0.1) is 0 Å². The fraction of sp³-hybridized carbons (Fsp3) is 0.526. The van der Waals surface area contributed by atoms with Crippen LogP contribution >= 0.6 is 0 Å². The average molecular weight is 314 g/mol. The first kappa shape index (κ1) is 15.9. The van der Waals surface area contributed by atoms with Crippen molar-refractivity contribution in [3.63, 3.8) is 0 Å². The smallest absolute Gasteiger partial charge is 0.410 e. The summed E-state index contributed by atoms with van der Waals surface area (Å²) < 4.78 is 5.51. The summed E-state index contributed by atoms with van der Waals surface area (Å²) in [5.41, 5.74) is 4.68. The van der Waals surface area contributed by atoms with E-state index in [0.29, 0.717) is 0 Å². The maximum absolute atomic E-state index is 12.3. The molecule has 0 spiro atoms. The van der Waals surface area contributed by atoms with Crippen LogP contribution in [0.2, 0.25) is 0 Å². The van der Waals surface area contributed by atoms with Crippen molar-refractivity contribution in [2.45, 2.75) is 58.6 Å². The molecule has 0 radical (unpaired) electrons. The fourth-order valence-corrected chi connectivity index (χ4v) is 3.33. The largest absolute Gasteiger partial charge is 0.444 e. The number of benzene rings is 1. The van der Waals surface area contributed by atoms with Gasteiger partial charge in [-0.3, -0.25) is 0 Å². The molecule has 124 valence electrons. The molecular weight excluding hydrogens is 288 g/mol. The van der Waals surface area contributed by atoms with Crippen LogP contribution < -0.4 is 0 Å². The molecule has 1 unspecified atom stereocenters. The van der Waals surface area contributed by atoms with Gasteiger partial charge in [-0.2, -0.15) is 0 Å². The molecule has 23 heavy (non-hydrogen) atoms. The fourth-order valence-electron chi connectivity index (χ4n) is 3.33. The molecule has 1 atom stereocenters. The summed E-state index contributed by atoms with van der Waals surface area (Å²) in [7, 11) is 1.85. The normalized spacial score (nSPS) is 17.9. The maximum Gasteiger partial charge on any atom is 0.410 e. The van der Waals surface area contributed by atoms with E-state index in [4.69, 9.17) is 4.74 Å². The number of fused-ring (bicyclic) bond motifs is 3. The first-order chi connectivity index (χ1) is 10.7. The van der Waals surface area contributed by atoms with Gasteiger partial charge in [-0.1, -0.05) is 11.6 Å². The number of aryl methyl sites for hydroxylation is 2. The molecule has 4 heteroatoms. The highest BCUT2D eigenvalue weighted by molar-refractivity contribution is 5.85. The van der Waals surface area contributed by atoms with Crippen LogP contribution in [0, 0.1) is 6.92 Å². The zero-order chi connectivity index (χ0) is 16.8. The molecule has 1 aromatic carbocycles. The van der Waals surface area contributed by atoms with Gasteiger partial charge in [0.25, 0.3) is 0 Å². The number of aromatic amines is 1. The molecule has 0 saturated heterocycles. The van der Waals surface area contributed by atoms with Crippen molar-refractivity contribution in [1.82, 2.24) is 9.88 Å². The number of amides is 1. The zero-order valence-electron chi connectivity index (χ0n) is 14.7. The molecule has 0 bridgehead atoms. The Morgan fingerprint density at radius 2 is 2.09 bits per heavy atom. The summed E-state index contributed by atoms with van der Waals surface area (Å²) in [5, 5.41) is 1.29. The summed E-state index contributed by atoms with van der Waals surface area (Å²) in [5.74, 6) is 0. The molecular formula is C19H26N2O2. The Hall–Kier alpha value is -1.97. The van der Waals surface area contributed by atoms with Crippen LogP contribution in [0.1, 0.15) is 44.0 Å². The van der Waals surface area contributed by atoms with Crippen molar-refractivity contribution in [3.05, 3.63) is 35.0 Å². The Morgan fingerprint density at radius 1 is 1.35 bits per heavy atom. The van der Waals surface area contributed by atoms with E-state index in [2.05, 4.69) is 30.1 Å². The summed E-state index contributed by atoms with van der Waals surface area (Å²) in [4.78, 5) is 17.6. The van der Waals surface area contributed by atoms with E-state index in [0.717, 1.165) is 19.3 Å². The van der Waals surface area contributed by atoms with E-state index in [9.17, 15) is 4.79 Å². The molecule has 2 aromatic rings. The number of H-pyrrole nitrogens is 1. The Morgan fingerprint density at radius 3 is 2.78 bits per heavy atom. The predicted molar refractivity (Wildman–Crippen MR) is 92.8 cm³/mol. The number of carbonyl (C=O) groups is 1. The minimum Gasteiger partial charge on any atom is -0.444 e. The Bertz CT molecular complexity index is 740. The third-order valence-electron chi connectivity index (χ3n) is 4.55. The molecule has 1 aliphatic carbocycles. The van der Waals surface area contributed by atoms with Crippen LogP contribution in [-0.2, 0) is 17.6 Å². The third-order valence-corrected chi connectivity index (χ3v) is 4.55. The maximum atomic E-state index is 12.3. The number of aromatic nitrogens is 1. The molecule has 4 nitrogen and oxygen atoms in total. The SMILES string of the molecule is Cc1ccc2[nH]c3c(c2c1)CC(N(C)C(=O)OC(C)(C)C)CC3. The monoisotopic (exact) mass is 314 g/mol. The van der Waals surface area contributed by atoms with Gasteiger partial charge in [0, 0.05) is 29.7 Å². The number of carbonyl (C=O) groups excluding carboxylic acids is 1. The number of nitrogens with zero attached hydrogens (tertiary/aromatic N) is 1. The first-order valence-electron chi connectivity index (χ1n) is 8.30. The van der Waals surface area contributed by atoms with Gasteiger partial charge in [-0.15, -0.1) is 0 Å². The molecule has 0 aliphatic heterocycles. The van der Waals surface area contributed by atoms with Crippen molar-refractivity contribution in [3.8, 4) is 0 Å². The predicted octanol–water partition coefficient (Wildman–Crippen LogP) is 4.20. The van der Waals surface area contributed by atoms with Crippen LogP contribution in [0.3, 0.4) is 0 Å². The van der Waals surface area contributed by atoms with E-state index >= 15 is 0 Å². The molecule has 1 aromatic heterocycles. The van der Waals surface area contributed by atoms with E-state index in [1.807, 2.05) is 27.8 Å². The second-order valence-corrected chi connectivity index (χ2v) is 7.62. The van der Waals surface area contributed by atoms with Crippen molar-refractivity contribution in [1.29, 1.82) is 0 Å². The molecule has 3 rings (SSSR count). The highest BCUT2D eigenvalue weighted by Gasteiger charge is 2.30. The number of likely N-dealkylation sites (N-methyl/N-ethyl adjacent to an activating group) is 1. The Kier molecular flexibility index (Phi) is 3.86. The van der Waals surface area contributed by atoms with Crippen LogP contribution in [0.15, 0.2) is 18.2 Å². The number of ether oxygens (including phenoxy) is 1. The summed E-state index contributed by atoms with van der Waals surface area (Å²) in [6, 6.07) is 6.71. The lowest BCUT2D eigenvalue weighted by atomic mass is 9.90. The lowest BCUT2D eigenvalue weighted by Crippen LogP contribution is -2.43. The van der Waals surface area contributed by atoms with Gasteiger partial charge >= 0.3 is 6.09 Å². The Labute approximate surface area is 137 Å². The van der Waals surface area contributed by atoms with Gasteiger partial charge in [-0.25, -0.2) is 4.79 Å². The molecule has 0 saturated carbocycles. The number of nitrogens with one attached hydrogen (secondary N) is 1. The van der Waals surface area contributed by atoms with Crippen molar-refractivity contribution >= 4 is 17.0 Å². The van der Waals surface area contributed by atoms with Crippen LogP contribution in [0.4, 0.5) is 4.79 Å². The first-order valence-corrected chi connectivity index (χ1v) is 8.30. The summed E-state index contributed by atoms with van der Waals surface area (Å²) in [6.07, 6.45) is 2.59. The second-order valence-electron chi connectivity index (χ2n) is 7.62. The van der Waals surface area contributed by atoms with Gasteiger partial charge in [0.15, 0.2) is 0 Å². The minimum atomic E-state index is -0.455. The van der Waals surface area contributed by atoms with Crippen LogP contribution in [0.25, 0.3) is 10.9 Å². The van der Waals surface area contributed by atoms with E-state index in [-0.39, 0.29) is 12.1 Å². The lowest BCUT2D eigenvalue weighted by molar-refractivity contribution is 0.0210. The number of hydrogen-bond donors (Lipinski definition) is 1. The molecule has 0 fully saturated rings. The van der Waals surface area contributed by atoms with Crippen LogP contribution in [0.5, 0.6) is 0 Å². The summed E-state index contributed by atoms with van der Waals surface area (Å²) in [6.45, 7) is 7.83. The van der Waals surface area contributed by atoms with Crippen molar-refractivity contribution in [2.24, 2.45) is 0 Å². The lowest BCUT2D eigenvalue weighted by Gasteiger charge is -2.33. The number of hydrogen-bond acceptors (Lipinski definition) is 2. The van der Waals surface area contributed by atoms with Crippen LogP contribution in [-0.4, -0.2) is 34.7 Å². The molecule has 1 amide bonds. The topological polar surface area (TPSA) is 45.3 Å². The summed E-state index contributed by atoms with van der Waals surface area (Å²) >= 11 is 0. The van der Waals surface area contributed by atoms with E-state index in [1.54, 1.807) is 4.90 Å². The molecule has 1 N–H and O–H groups in total. The van der Waals surface area contributed by atoms with Crippen molar-refractivity contribution in [2.75, 3.05) is 7.05 Å². The standard InChI is InChI=1S/C19H26N2O2/c1-12-6-8-16-14(10-12)15-11-13(7-9-17(15)20-16)21(5)18(22)23-19(2,3)4/h6,8,10,13,20H,7,9,11H2,1-5H3. The molecule has 1 aliphatic rings. The zero-order valence-corrected chi connectivity index (χ0v) is 14.7. The van der Waals surface area contributed by atoms with Gasteiger partial charge in [-0.05, 0) is 64.7 Å². The van der Waals surface area contributed by atoms with Crippen molar-refractivity contribution < 1.29 is 9.53 Å². The highest BCUT2D eigenvalue weighted by atomic mass is 16.6. The van der Waals surface area contributed by atoms with Gasteiger partial charge in [0.2, 0.25) is 0 Å².